The Bertz CT molecular complexity index is 677. The van der Waals surface area contributed by atoms with E-state index in [2.05, 4.69) is 64.1 Å². The predicted molar refractivity (Wildman–Crippen MR) is 82.8 cm³/mol. The minimum atomic E-state index is -10.7. The van der Waals surface area contributed by atoms with Gasteiger partial charge in [-0.1, -0.05) is 12.1 Å². The number of hydrogen-bond donors (Lipinski definition) is 0. The van der Waals surface area contributed by atoms with E-state index in [-0.39, 0.29) is 21.2 Å². The van der Waals surface area contributed by atoms with E-state index in [1.54, 1.807) is 0 Å². The van der Waals surface area contributed by atoms with Crippen LogP contribution in [-0.4, -0.2) is 0 Å². The number of rotatable bonds is 2. The second-order valence-corrected chi connectivity index (χ2v) is 10.5. The standard InChI is InChI=1S/C16H18I.F6P/c1-11-5-7-15(9-13(11)3)17-16-8-6-12(2)14(4)10-16;1-7(2,3,4,5)6/h5-10H,1-4H3;/q+1;-1. The summed E-state index contributed by atoms with van der Waals surface area (Å²) in [4.78, 5) is 0. The molecule has 0 aromatic heterocycles. The van der Waals surface area contributed by atoms with Gasteiger partial charge in [-0.25, -0.2) is 0 Å². The molecule has 2 aromatic rings. The molecule has 0 N–H and O–H groups in total. The third-order valence-electron chi connectivity index (χ3n) is 3.16. The van der Waals surface area contributed by atoms with Crippen LogP contribution in [-0.2, 0) is 0 Å². The first-order chi connectivity index (χ1) is 10.5. The van der Waals surface area contributed by atoms with Crippen molar-refractivity contribution in [2.75, 3.05) is 0 Å². The van der Waals surface area contributed by atoms with Crippen LogP contribution < -0.4 is 21.2 Å². The van der Waals surface area contributed by atoms with Gasteiger partial charge in [0.15, 0.2) is 7.14 Å². The molecule has 0 amide bonds. The van der Waals surface area contributed by atoms with Crippen molar-refractivity contribution in [3.8, 4) is 0 Å². The molecule has 0 radical (unpaired) electrons. The van der Waals surface area contributed by atoms with Gasteiger partial charge in [0.2, 0.25) is 0 Å². The number of halogens is 7. The van der Waals surface area contributed by atoms with Crippen molar-refractivity contribution in [2.24, 2.45) is 0 Å². The van der Waals surface area contributed by atoms with Gasteiger partial charge in [-0.2, -0.15) is 0 Å². The molecule has 0 aliphatic heterocycles. The van der Waals surface area contributed by atoms with Gasteiger partial charge in [0, 0.05) is 0 Å². The summed E-state index contributed by atoms with van der Waals surface area (Å²) >= 11 is -0.0304. The fourth-order valence-electron chi connectivity index (χ4n) is 1.65. The molecule has 8 heteroatoms. The predicted octanol–water partition coefficient (Wildman–Crippen LogP) is 4.43. The van der Waals surface area contributed by atoms with Crippen LogP contribution >= 0.6 is 7.81 Å². The van der Waals surface area contributed by atoms with Crippen LogP contribution in [0.15, 0.2) is 36.4 Å². The Labute approximate surface area is 147 Å². The summed E-state index contributed by atoms with van der Waals surface area (Å²) in [6.07, 6.45) is 0. The van der Waals surface area contributed by atoms with E-state index < -0.39 is 7.81 Å². The van der Waals surface area contributed by atoms with Crippen LogP contribution in [0.5, 0.6) is 0 Å². The summed E-state index contributed by atoms with van der Waals surface area (Å²) < 4.78 is 62.2. The van der Waals surface area contributed by atoms with Crippen molar-refractivity contribution in [3.05, 3.63) is 65.8 Å². The first kappa shape index (κ1) is 21.2. The van der Waals surface area contributed by atoms with Gasteiger partial charge in [-0.3, -0.25) is 0 Å². The van der Waals surface area contributed by atoms with Gasteiger partial charge in [-0.15, -0.1) is 0 Å². The summed E-state index contributed by atoms with van der Waals surface area (Å²) in [6, 6.07) is 13.7. The van der Waals surface area contributed by atoms with Gasteiger partial charge in [0.1, 0.15) is 0 Å². The van der Waals surface area contributed by atoms with Crippen LogP contribution in [0, 0.1) is 34.8 Å². The molecule has 0 fully saturated rings. The molecule has 0 atom stereocenters. The van der Waals surface area contributed by atoms with Crippen molar-refractivity contribution in [1.29, 1.82) is 0 Å². The molecule has 0 bridgehead atoms. The van der Waals surface area contributed by atoms with E-state index in [0.717, 1.165) is 0 Å². The van der Waals surface area contributed by atoms with E-state index in [4.69, 9.17) is 0 Å². The van der Waals surface area contributed by atoms with E-state index in [1.165, 1.54) is 29.4 Å². The van der Waals surface area contributed by atoms with Crippen molar-refractivity contribution < 1.29 is 46.4 Å². The van der Waals surface area contributed by atoms with Crippen LogP contribution in [0.25, 0.3) is 0 Å². The maximum atomic E-state index is 9.87. The molecule has 0 saturated carbocycles. The van der Waals surface area contributed by atoms with Crippen LogP contribution in [0.2, 0.25) is 0 Å². The molecule has 24 heavy (non-hydrogen) atoms. The first-order valence-electron chi connectivity index (χ1n) is 6.87. The van der Waals surface area contributed by atoms with Crippen molar-refractivity contribution >= 4 is 7.81 Å². The number of aryl methyl sites for hydroxylation is 4. The quantitative estimate of drug-likeness (QED) is 0.338. The Hall–Kier alpha value is -0.820. The monoisotopic (exact) mass is 482 g/mol. The topological polar surface area (TPSA) is 0 Å². The van der Waals surface area contributed by atoms with Crippen LogP contribution in [0.3, 0.4) is 0 Å². The Morgan fingerprint density at radius 3 is 1.12 bits per heavy atom. The molecule has 0 aliphatic carbocycles. The fourth-order valence-corrected chi connectivity index (χ4v) is 4.34. The van der Waals surface area contributed by atoms with Crippen LogP contribution in [0.1, 0.15) is 22.3 Å². The van der Waals surface area contributed by atoms with E-state index in [1.807, 2.05) is 0 Å². The first-order valence-corrected chi connectivity index (χ1v) is 11.1. The summed E-state index contributed by atoms with van der Waals surface area (Å²) in [7, 11) is -10.7. The zero-order valence-corrected chi connectivity index (χ0v) is 16.6. The summed E-state index contributed by atoms with van der Waals surface area (Å²) in [5.74, 6) is 0. The average molecular weight is 482 g/mol. The zero-order valence-electron chi connectivity index (χ0n) is 13.6. The molecule has 0 nitrogen and oxygen atoms in total. The average Bonchev–Trinajstić information content (AvgIpc) is 2.35. The van der Waals surface area contributed by atoms with Crippen molar-refractivity contribution in [3.63, 3.8) is 0 Å². The van der Waals surface area contributed by atoms with Gasteiger partial charge < -0.3 is 0 Å². The van der Waals surface area contributed by atoms with E-state index in [0.29, 0.717) is 0 Å². The molecule has 136 valence electrons. The molecule has 0 heterocycles. The Balaban J connectivity index is 0.000000351. The van der Waals surface area contributed by atoms with E-state index >= 15 is 0 Å². The zero-order chi connectivity index (χ0) is 18.8. The molecular formula is C16H18F6IP. The van der Waals surface area contributed by atoms with Gasteiger partial charge in [-0.05, 0) is 74.2 Å². The second kappa shape index (κ2) is 6.48. The molecule has 0 saturated heterocycles. The Morgan fingerprint density at radius 2 is 0.875 bits per heavy atom. The Morgan fingerprint density at radius 1 is 0.583 bits per heavy atom. The van der Waals surface area contributed by atoms with Crippen molar-refractivity contribution in [2.45, 2.75) is 27.7 Å². The Kier molecular flexibility index (Phi) is 5.73. The van der Waals surface area contributed by atoms with Gasteiger partial charge in [0.05, 0.1) is 0 Å². The number of benzene rings is 2. The molecule has 0 aliphatic rings. The molecule has 2 rings (SSSR count). The molecule has 0 spiro atoms. The van der Waals surface area contributed by atoms with E-state index in [9.17, 15) is 25.2 Å². The molecule has 0 unspecified atom stereocenters. The third-order valence-corrected chi connectivity index (χ3v) is 5.74. The summed E-state index contributed by atoms with van der Waals surface area (Å²) in [5, 5.41) is 0. The molecular weight excluding hydrogens is 464 g/mol. The van der Waals surface area contributed by atoms with Crippen LogP contribution in [0.4, 0.5) is 25.2 Å². The SMILES string of the molecule is Cc1ccc([I+]c2ccc(C)c(C)c2)cc1C.F[P-](F)(F)(F)(F)F. The number of hydrogen-bond acceptors (Lipinski definition) is 0. The molecule has 2 aromatic carbocycles. The van der Waals surface area contributed by atoms with Gasteiger partial charge >= 0.3 is 54.2 Å². The second-order valence-electron chi connectivity index (χ2n) is 5.51. The van der Waals surface area contributed by atoms with Crippen molar-refractivity contribution in [1.82, 2.24) is 0 Å². The summed E-state index contributed by atoms with van der Waals surface area (Å²) in [6.45, 7) is 8.74. The maximum absolute atomic E-state index is 10.7. The normalized spacial score (nSPS) is 14.2. The summed E-state index contributed by atoms with van der Waals surface area (Å²) in [5.41, 5.74) is 5.59. The minimum absolute atomic E-state index is 0.0304. The third kappa shape index (κ3) is 10.1. The van der Waals surface area contributed by atoms with Gasteiger partial charge in [0.25, 0.3) is 0 Å². The fraction of sp³-hybridized carbons (Fsp3) is 0.250.